The molecule has 0 spiro atoms. The summed E-state index contributed by atoms with van der Waals surface area (Å²) in [5, 5.41) is 2.72. The summed E-state index contributed by atoms with van der Waals surface area (Å²) in [5.41, 5.74) is 2.65. The number of hydrogen-bond donors (Lipinski definition) is 1. The van der Waals surface area contributed by atoms with Gasteiger partial charge < -0.3 is 10.1 Å². The molecule has 0 radical (unpaired) electrons. The molecule has 3 aromatic carbocycles. The van der Waals surface area contributed by atoms with Crippen molar-refractivity contribution < 1.29 is 22.7 Å². The van der Waals surface area contributed by atoms with Crippen LogP contribution in [0.5, 0.6) is 0 Å². The van der Waals surface area contributed by atoms with E-state index in [4.69, 9.17) is 4.74 Å². The largest absolute Gasteiger partial charge is 0.467 e. The van der Waals surface area contributed by atoms with Gasteiger partial charge in [-0.3, -0.25) is 4.79 Å². The number of carbonyl (C=O) groups excluding carboxylic acids is 2. The Morgan fingerprint density at radius 1 is 0.886 bits per heavy atom. The first-order valence-corrected chi connectivity index (χ1v) is 13.0. The predicted molar refractivity (Wildman–Crippen MR) is 136 cm³/mol. The summed E-state index contributed by atoms with van der Waals surface area (Å²) in [6.45, 7) is 5.78. The third kappa shape index (κ3) is 7.26. The summed E-state index contributed by atoms with van der Waals surface area (Å²) in [5.74, 6) is -1.15. The maximum atomic E-state index is 13.1. The van der Waals surface area contributed by atoms with E-state index < -0.39 is 21.8 Å². The molecule has 0 aromatic heterocycles. The smallest absolute Gasteiger partial charge is 0.333 e. The molecule has 1 atom stereocenters. The van der Waals surface area contributed by atoms with Gasteiger partial charge in [0.1, 0.15) is 0 Å². The Labute approximate surface area is 207 Å². The van der Waals surface area contributed by atoms with Gasteiger partial charge in [0.25, 0.3) is 0 Å². The van der Waals surface area contributed by atoms with Gasteiger partial charge in [0.15, 0.2) is 15.9 Å². The van der Waals surface area contributed by atoms with Gasteiger partial charge in [-0.15, -0.1) is 0 Å². The van der Waals surface area contributed by atoms with E-state index >= 15 is 0 Å². The highest BCUT2D eigenvalue weighted by Crippen LogP contribution is 2.25. The lowest BCUT2D eigenvalue weighted by Crippen LogP contribution is -2.36. The van der Waals surface area contributed by atoms with E-state index in [0.29, 0.717) is 11.1 Å². The highest BCUT2D eigenvalue weighted by molar-refractivity contribution is 7.90. The number of amides is 1. The van der Waals surface area contributed by atoms with Crippen LogP contribution in [0.2, 0.25) is 0 Å². The SMILES string of the molecule is COC(=O)[C@@H](NC(=O)CC(C)(C)C)c1cccc(CS(=O)(=O)c2ccc(-c3ccccc3)cc2)c1. The minimum absolute atomic E-state index is 0.214. The van der Waals surface area contributed by atoms with Gasteiger partial charge in [0, 0.05) is 6.42 Å². The quantitative estimate of drug-likeness (QED) is 0.441. The van der Waals surface area contributed by atoms with E-state index in [-0.39, 0.29) is 28.4 Å². The van der Waals surface area contributed by atoms with Gasteiger partial charge in [-0.2, -0.15) is 0 Å². The topological polar surface area (TPSA) is 89.5 Å². The molecule has 3 rings (SSSR count). The van der Waals surface area contributed by atoms with Crippen molar-refractivity contribution >= 4 is 21.7 Å². The first-order chi connectivity index (χ1) is 16.5. The fourth-order valence-corrected chi connectivity index (χ4v) is 5.08. The van der Waals surface area contributed by atoms with Crippen LogP contribution < -0.4 is 5.32 Å². The molecule has 0 aliphatic rings. The Hall–Kier alpha value is -3.45. The van der Waals surface area contributed by atoms with Crippen LogP contribution in [-0.4, -0.2) is 27.4 Å². The summed E-state index contributed by atoms with van der Waals surface area (Å²) < 4.78 is 31.1. The molecule has 0 aliphatic heterocycles. The zero-order chi connectivity index (χ0) is 25.6. The lowest BCUT2D eigenvalue weighted by molar-refractivity contribution is -0.145. The number of benzene rings is 3. The average molecular weight is 494 g/mol. The number of nitrogens with one attached hydrogen (secondary N) is 1. The second-order valence-electron chi connectivity index (χ2n) is 9.66. The number of methoxy groups -OCH3 is 1. The first kappa shape index (κ1) is 26.2. The first-order valence-electron chi connectivity index (χ1n) is 11.3. The van der Waals surface area contributed by atoms with Crippen molar-refractivity contribution in [2.75, 3.05) is 7.11 Å². The van der Waals surface area contributed by atoms with Gasteiger partial charge in [-0.25, -0.2) is 13.2 Å². The molecule has 0 unspecified atom stereocenters. The third-order valence-corrected chi connectivity index (χ3v) is 7.10. The number of sulfone groups is 1. The van der Waals surface area contributed by atoms with Gasteiger partial charge in [0.2, 0.25) is 5.91 Å². The number of ether oxygens (including phenoxy) is 1. The Morgan fingerprint density at radius 3 is 2.11 bits per heavy atom. The van der Waals surface area contributed by atoms with Crippen LogP contribution in [0.15, 0.2) is 83.8 Å². The molecule has 1 amide bonds. The maximum Gasteiger partial charge on any atom is 0.333 e. The van der Waals surface area contributed by atoms with E-state index in [1.165, 1.54) is 7.11 Å². The predicted octanol–water partition coefficient (Wildman–Crippen LogP) is 5.09. The van der Waals surface area contributed by atoms with E-state index in [2.05, 4.69) is 5.32 Å². The Kier molecular flexibility index (Phi) is 8.12. The highest BCUT2D eigenvalue weighted by Gasteiger charge is 2.26. The van der Waals surface area contributed by atoms with Gasteiger partial charge in [-0.05, 0) is 39.8 Å². The summed E-state index contributed by atoms with van der Waals surface area (Å²) in [6.07, 6.45) is 0.230. The summed E-state index contributed by atoms with van der Waals surface area (Å²) >= 11 is 0. The third-order valence-electron chi connectivity index (χ3n) is 5.39. The molecule has 0 bridgehead atoms. The van der Waals surface area contributed by atoms with Crippen molar-refractivity contribution in [2.24, 2.45) is 5.41 Å². The molecule has 3 aromatic rings. The summed E-state index contributed by atoms with van der Waals surface area (Å²) in [4.78, 5) is 25.1. The molecular formula is C28H31NO5S. The minimum Gasteiger partial charge on any atom is -0.467 e. The molecule has 0 saturated carbocycles. The Morgan fingerprint density at radius 2 is 1.51 bits per heavy atom. The van der Waals surface area contributed by atoms with E-state index in [0.717, 1.165) is 11.1 Å². The Bertz CT molecular complexity index is 1280. The molecule has 184 valence electrons. The summed E-state index contributed by atoms with van der Waals surface area (Å²) in [6, 6.07) is 22.1. The Balaban J connectivity index is 1.81. The fraction of sp³-hybridized carbons (Fsp3) is 0.286. The van der Waals surface area contributed by atoms with Gasteiger partial charge in [0.05, 0.1) is 17.8 Å². The highest BCUT2D eigenvalue weighted by atomic mass is 32.2. The molecule has 0 saturated heterocycles. The number of esters is 1. The van der Waals surface area contributed by atoms with Crippen molar-refractivity contribution in [3.05, 3.63) is 90.0 Å². The van der Waals surface area contributed by atoms with E-state index in [1.807, 2.05) is 51.1 Å². The molecule has 0 heterocycles. The zero-order valence-electron chi connectivity index (χ0n) is 20.4. The van der Waals surface area contributed by atoms with Crippen LogP contribution in [0.4, 0.5) is 0 Å². The van der Waals surface area contributed by atoms with Gasteiger partial charge in [-0.1, -0.05) is 87.5 Å². The van der Waals surface area contributed by atoms with Crippen molar-refractivity contribution in [3.8, 4) is 11.1 Å². The molecule has 0 aliphatic carbocycles. The molecule has 35 heavy (non-hydrogen) atoms. The summed E-state index contributed by atoms with van der Waals surface area (Å²) in [7, 11) is -2.38. The second-order valence-corrected chi connectivity index (χ2v) is 11.6. The maximum absolute atomic E-state index is 13.1. The van der Waals surface area contributed by atoms with Crippen LogP contribution in [0.3, 0.4) is 0 Å². The average Bonchev–Trinajstić information content (AvgIpc) is 2.81. The number of carbonyl (C=O) groups is 2. The molecule has 0 fully saturated rings. The van der Waals surface area contributed by atoms with Crippen LogP contribution in [0.25, 0.3) is 11.1 Å². The van der Waals surface area contributed by atoms with Crippen LogP contribution in [0, 0.1) is 5.41 Å². The number of rotatable bonds is 8. The van der Waals surface area contributed by atoms with Gasteiger partial charge >= 0.3 is 5.97 Å². The lowest BCUT2D eigenvalue weighted by atomic mass is 9.91. The molecule has 6 nitrogen and oxygen atoms in total. The minimum atomic E-state index is -3.63. The second kappa shape index (κ2) is 10.9. The fourth-order valence-electron chi connectivity index (χ4n) is 3.74. The molecule has 1 N–H and O–H groups in total. The molecular weight excluding hydrogens is 462 g/mol. The van der Waals surface area contributed by atoms with E-state index in [9.17, 15) is 18.0 Å². The normalized spacial score (nSPS) is 12.6. The molecule has 7 heteroatoms. The van der Waals surface area contributed by atoms with Crippen LogP contribution in [0.1, 0.15) is 44.4 Å². The zero-order valence-corrected chi connectivity index (χ0v) is 21.3. The van der Waals surface area contributed by atoms with Crippen molar-refractivity contribution in [3.63, 3.8) is 0 Å². The van der Waals surface area contributed by atoms with Crippen molar-refractivity contribution in [2.45, 2.75) is 43.9 Å². The number of hydrogen-bond acceptors (Lipinski definition) is 5. The van der Waals surface area contributed by atoms with Crippen molar-refractivity contribution in [1.29, 1.82) is 0 Å². The monoisotopic (exact) mass is 493 g/mol. The van der Waals surface area contributed by atoms with E-state index in [1.54, 1.807) is 48.5 Å². The standard InChI is InChI=1S/C28H31NO5S/c1-28(2,3)18-25(30)29-26(27(31)34-4)23-12-8-9-20(17-23)19-35(32,33)24-15-13-22(14-16-24)21-10-6-5-7-11-21/h5-17,26H,18-19H2,1-4H3,(H,29,30)/t26-/m0/s1. The van der Waals surface area contributed by atoms with Crippen molar-refractivity contribution in [1.82, 2.24) is 5.32 Å². The van der Waals surface area contributed by atoms with Crippen LogP contribution in [-0.2, 0) is 29.9 Å². The lowest BCUT2D eigenvalue weighted by Gasteiger charge is -2.21. The van der Waals surface area contributed by atoms with Crippen LogP contribution >= 0.6 is 0 Å².